The van der Waals surface area contributed by atoms with Gasteiger partial charge in [-0.2, -0.15) is 11.8 Å². The molecule has 2 rings (SSSR count). The largest absolute Gasteiger partial charge is 0.355 e. The second-order valence-corrected chi connectivity index (χ2v) is 6.26. The molecule has 2 atom stereocenters. The molecule has 3 nitrogen and oxygen atoms in total. The van der Waals surface area contributed by atoms with Gasteiger partial charge in [-0.3, -0.25) is 4.79 Å². The van der Waals surface area contributed by atoms with Crippen molar-refractivity contribution in [3.8, 4) is 0 Å². The van der Waals surface area contributed by atoms with Crippen molar-refractivity contribution in [2.24, 2.45) is 5.92 Å². The average molecular weight is 242 g/mol. The van der Waals surface area contributed by atoms with E-state index in [0.29, 0.717) is 17.6 Å². The van der Waals surface area contributed by atoms with Crippen LogP contribution in [0.4, 0.5) is 0 Å². The van der Waals surface area contributed by atoms with Gasteiger partial charge in [-0.1, -0.05) is 0 Å². The zero-order chi connectivity index (χ0) is 11.2. The van der Waals surface area contributed by atoms with E-state index in [1.165, 1.54) is 31.4 Å². The highest BCUT2D eigenvalue weighted by atomic mass is 32.2. The minimum absolute atomic E-state index is 0.251. The van der Waals surface area contributed by atoms with Crippen molar-refractivity contribution < 1.29 is 4.79 Å². The Bertz CT molecular complexity index is 223. The smallest absolute Gasteiger partial charge is 0.220 e. The van der Waals surface area contributed by atoms with Crippen LogP contribution in [0, 0.1) is 5.92 Å². The lowest BCUT2D eigenvalue weighted by atomic mass is 9.96. The number of piperidine rings is 1. The standard InChI is InChI=1S/C12H22N2OS/c15-12(7-10-3-1-5-13-8-10)14-9-11-4-2-6-16-11/h10-11,13H,1-9H2,(H,14,15). The third-order valence-electron chi connectivity index (χ3n) is 3.42. The van der Waals surface area contributed by atoms with Gasteiger partial charge in [0.1, 0.15) is 0 Å². The van der Waals surface area contributed by atoms with Crippen molar-refractivity contribution in [3.05, 3.63) is 0 Å². The number of hydrogen-bond acceptors (Lipinski definition) is 3. The molecule has 92 valence electrons. The fraction of sp³-hybridized carbons (Fsp3) is 0.917. The Balaban J connectivity index is 1.59. The summed E-state index contributed by atoms with van der Waals surface area (Å²) in [4.78, 5) is 11.7. The maximum Gasteiger partial charge on any atom is 0.220 e. The summed E-state index contributed by atoms with van der Waals surface area (Å²) in [5, 5.41) is 7.11. The minimum Gasteiger partial charge on any atom is -0.355 e. The lowest BCUT2D eigenvalue weighted by Crippen LogP contribution is -2.36. The Kier molecular flexibility index (Phi) is 4.97. The molecule has 2 aliphatic rings. The van der Waals surface area contributed by atoms with Gasteiger partial charge in [0.15, 0.2) is 0 Å². The van der Waals surface area contributed by atoms with Gasteiger partial charge < -0.3 is 10.6 Å². The molecule has 2 unspecified atom stereocenters. The van der Waals surface area contributed by atoms with Gasteiger partial charge in [0.25, 0.3) is 0 Å². The quantitative estimate of drug-likeness (QED) is 0.783. The number of nitrogens with one attached hydrogen (secondary N) is 2. The first kappa shape index (κ1) is 12.2. The zero-order valence-electron chi connectivity index (χ0n) is 9.84. The maximum atomic E-state index is 11.7. The van der Waals surface area contributed by atoms with Gasteiger partial charge in [-0.15, -0.1) is 0 Å². The molecular formula is C12H22N2OS. The van der Waals surface area contributed by atoms with E-state index in [2.05, 4.69) is 10.6 Å². The predicted octanol–water partition coefficient (Wildman–Crippen LogP) is 1.39. The van der Waals surface area contributed by atoms with E-state index in [4.69, 9.17) is 0 Å². The van der Waals surface area contributed by atoms with E-state index < -0.39 is 0 Å². The molecule has 4 heteroatoms. The molecule has 2 fully saturated rings. The molecule has 0 saturated carbocycles. The highest BCUT2D eigenvalue weighted by Gasteiger charge is 2.19. The molecule has 16 heavy (non-hydrogen) atoms. The molecule has 0 aliphatic carbocycles. The van der Waals surface area contributed by atoms with Crippen LogP contribution in [0.2, 0.25) is 0 Å². The second-order valence-electron chi connectivity index (χ2n) is 4.86. The van der Waals surface area contributed by atoms with Crippen LogP contribution in [0.15, 0.2) is 0 Å². The Morgan fingerprint density at radius 3 is 3.00 bits per heavy atom. The molecule has 0 radical (unpaired) electrons. The van der Waals surface area contributed by atoms with Gasteiger partial charge >= 0.3 is 0 Å². The third kappa shape index (κ3) is 3.98. The molecule has 0 aromatic heterocycles. The van der Waals surface area contributed by atoms with Crippen molar-refractivity contribution in [1.82, 2.24) is 10.6 Å². The fourth-order valence-corrected chi connectivity index (χ4v) is 3.67. The summed E-state index contributed by atoms with van der Waals surface area (Å²) in [7, 11) is 0. The van der Waals surface area contributed by atoms with Gasteiger partial charge in [0.05, 0.1) is 0 Å². The van der Waals surface area contributed by atoms with Crippen LogP contribution < -0.4 is 10.6 Å². The van der Waals surface area contributed by atoms with Gasteiger partial charge in [-0.05, 0) is 50.4 Å². The molecule has 2 aliphatic heterocycles. The van der Waals surface area contributed by atoms with Crippen LogP contribution in [0.25, 0.3) is 0 Å². The number of carbonyl (C=O) groups is 1. The first-order valence-electron chi connectivity index (χ1n) is 6.43. The average Bonchev–Trinajstić information content (AvgIpc) is 2.81. The molecular weight excluding hydrogens is 220 g/mol. The van der Waals surface area contributed by atoms with Crippen LogP contribution in [-0.2, 0) is 4.79 Å². The Morgan fingerprint density at radius 1 is 1.38 bits per heavy atom. The monoisotopic (exact) mass is 242 g/mol. The molecule has 0 bridgehead atoms. The van der Waals surface area contributed by atoms with E-state index in [1.807, 2.05) is 11.8 Å². The van der Waals surface area contributed by atoms with Crippen molar-refractivity contribution in [3.63, 3.8) is 0 Å². The minimum atomic E-state index is 0.251. The summed E-state index contributed by atoms with van der Waals surface area (Å²) in [6, 6.07) is 0. The molecule has 2 saturated heterocycles. The van der Waals surface area contributed by atoms with Crippen LogP contribution in [0.3, 0.4) is 0 Å². The highest BCUT2D eigenvalue weighted by molar-refractivity contribution is 8.00. The van der Waals surface area contributed by atoms with Crippen molar-refractivity contribution in [2.75, 3.05) is 25.4 Å². The summed E-state index contributed by atoms with van der Waals surface area (Å²) in [6.07, 6.45) is 5.73. The van der Waals surface area contributed by atoms with Gasteiger partial charge in [0.2, 0.25) is 5.91 Å². The van der Waals surface area contributed by atoms with E-state index >= 15 is 0 Å². The zero-order valence-corrected chi connectivity index (χ0v) is 10.7. The number of hydrogen-bond donors (Lipinski definition) is 2. The fourth-order valence-electron chi connectivity index (χ4n) is 2.47. The van der Waals surface area contributed by atoms with E-state index in [1.54, 1.807) is 0 Å². The lowest BCUT2D eigenvalue weighted by Gasteiger charge is -2.22. The summed E-state index contributed by atoms with van der Waals surface area (Å²) >= 11 is 2.00. The first-order valence-corrected chi connectivity index (χ1v) is 7.48. The number of rotatable bonds is 4. The highest BCUT2D eigenvalue weighted by Crippen LogP contribution is 2.25. The molecule has 0 aromatic rings. The Labute approximate surface area is 102 Å². The van der Waals surface area contributed by atoms with Crippen molar-refractivity contribution >= 4 is 17.7 Å². The Hall–Kier alpha value is -0.220. The third-order valence-corrected chi connectivity index (χ3v) is 4.82. The van der Waals surface area contributed by atoms with Crippen LogP contribution in [-0.4, -0.2) is 36.5 Å². The molecule has 2 N–H and O–H groups in total. The van der Waals surface area contributed by atoms with E-state index in [9.17, 15) is 4.79 Å². The van der Waals surface area contributed by atoms with Gasteiger partial charge in [0, 0.05) is 18.2 Å². The molecule has 0 spiro atoms. The molecule has 1 amide bonds. The van der Waals surface area contributed by atoms with Crippen molar-refractivity contribution in [2.45, 2.75) is 37.4 Å². The van der Waals surface area contributed by atoms with E-state index in [0.717, 1.165) is 19.6 Å². The topological polar surface area (TPSA) is 41.1 Å². The number of thioether (sulfide) groups is 1. The van der Waals surface area contributed by atoms with Crippen LogP contribution in [0.5, 0.6) is 0 Å². The first-order chi connectivity index (χ1) is 7.84. The summed E-state index contributed by atoms with van der Waals surface area (Å²) in [5.41, 5.74) is 0. The SMILES string of the molecule is O=C(CC1CCCNC1)NCC1CCCS1. The Morgan fingerprint density at radius 2 is 2.31 bits per heavy atom. The maximum absolute atomic E-state index is 11.7. The van der Waals surface area contributed by atoms with E-state index in [-0.39, 0.29) is 5.91 Å². The second kappa shape index (κ2) is 6.50. The number of amides is 1. The van der Waals surface area contributed by atoms with Crippen molar-refractivity contribution in [1.29, 1.82) is 0 Å². The summed E-state index contributed by atoms with van der Waals surface area (Å²) in [5.74, 6) is 2.08. The summed E-state index contributed by atoms with van der Waals surface area (Å²) < 4.78 is 0. The lowest BCUT2D eigenvalue weighted by molar-refractivity contribution is -0.122. The summed E-state index contributed by atoms with van der Waals surface area (Å²) in [6.45, 7) is 3.02. The number of carbonyl (C=O) groups excluding carboxylic acids is 1. The molecule has 0 aromatic carbocycles. The predicted molar refractivity (Wildman–Crippen MR) is 68.7 cm³/mol. The van der Waals surface area contributed by atoms with Crippen LogP contribution in [0.1, 0.15) is 32.1 Å². The van der Waals surface area contributed by atoms with Crippen LogP contribution >= 0.6 is 11.8 Å². The normalized spacial score (nSPS) is 30.2. The van der Waals surface area contributed by atoms with Gasteiger partial charge in [-0.25, -0.2) is 0 Å². The molecule has 2 heterocycles.